The Morgan fingerprint density at radius 1 is 1.04 bits per heavy atom. The van der Waals surface area contributed by atoms with Crippen molar-refractivity contribution >= 4 is 5.78 Å². The summed E-state index contributed by atoms with van der Waals surface area (Å²) in [6.45, 7) is 4.26. The van der Waals surface area contributed by atoms with E-state index in [0.717, 1.165) is 25.7 Å². The molecule has 2 rings (SSSR count). The first-order valence-corrected chi connectivity index (χ1v) is 8.25. The fraction of sp³-hybridized carbons (Fsp3) is 0.350. The van der Waals surface area contributed by atoms with E-state index in [1.165, 1.54) is 6.07 Å². The lowest BCUT2D eigenvalue weighted by Gasteiger charge is -2.18. The average molecular weight is 312 g/mol. The van der Waals surface area contributed by atoms with Gasteiger partial charge < -0.3 is 9.84 Å². The maximum atomic E-state index is 12.4. The van der Waals surface area contributed by atoms with Crippen molar-refractivity contribution in [3.63, 3.8) is 0 Å². The number of carbonyl (C=O) groups excluding carboxylic acids is 1. The van der Waals surface area contributed by atoms with Crippen LogP contribution in [0.1, 0.15) is 55.5 Å². The van der Waals surface area contributed by atoms with Gasteiger partial charge in [-0.2, -0.15) is 0 Å². The van der Waals surface area contributed by atoms with Gasteiger partial charge in [-0.3, -0.25) is 4.79 Å². The summed E-state index contributed by atoms with van der Waals surface area (Å²) in [7, 11) is 0. The molecule has 1 N–H and O–H groups in total. The number of phenolic OH excluding ortho intramolecular Hbond substituents is 1. The van der Waals surface area contributed by atoms with Crippen molar-refractivity contribution in [1.82, 2.24) is 0 Å². The average Bonchev–Trinajstić information content (AvgIpc) is 2.56. The highest BCUT2D eigenvalue weighted by Crippen LogP contribution is 2.27. The molecule has 0 fully saturated rings. The Labute approximate surface area is 137 Å². The summed E-state index contributed by atoms with van der Waals surface area (Å²) < 4.78 is 5.95. The highest BCUT2D eigenvalue weighted by atomic mass is 16.5. The number of ether oxygens (including phenoxy) is 1. The number of benzene rings is 2. The largest absolute Gasteiger partial charge is 0.507 e. The predicted octanol–water partition coefficient (Wildman–Crippen LogP) is 4.97. The lowest BCUT2D eigenvalue weighted by molar-refractivity contribution is 0.103. The third-order valence-electron chi connectivity index (χ3n) is 3.77. The molecule has 0 saturated carbocycles. The molecule has 0 aliphatic rings. The van der Waals surface area contributed by atoms with Crippen LogP contribution in [-0.4, -0.2) is 17.0 Å². The Morgan fingerprint density at radius 3 is 2.26 bits per heavy atom. The molecule has 0 aromatic heterocycles. The van der Waals surface area contributed by atoms with E-state index in [2.05, 4.69) is 13.8 Å². The fourth-order valence-corrected chi connectivity index (χ4v) is 2.62. The SMILES string of the molecule is CCCC(CCC)Oc1ccc(C(=O)c2ccccc2)c(O)c1. The lowest BCUT2D eigenvalue weighted by Crippen LogP contribution is -2.16. The third kappa shape index (κ3) is 4.59. The van der Waals surface area contributed by atoms with E-state index < -0.39 is 0 Å². The van der Waals surface area contributed by atoms with Crippen LogP contribution in [0, 0.1) is 0 Å². The normalized spacial score (nSPS) is 10.7. The highest BCUT2D eigenvalue weighted by molar-refractivity contribution is 6.10. The smallest absolute Gasteiger partial charge is 0.196 e. The quantitative estimate of drug-likeness (QED) is 0.700. The van der Waals surface area contributed by atoms with Crippen LogP contribution in [0.2, 0.25) is 0 Å². The van der Waals surface area contributed by atoms with Gasteiger partial charge in [0.1, 0.15) is 11.5 Å². The van der Waals surface area contributed by atoms with Crippen LogP contribution in [-0.2, 0) is 0 Å². The predicted molar refractivity (Wildman–Crippen MR) is 92.2 cm³/mol. The molecule has 3 heteroatoms. The van der Waals surface area contributed by atoms with Gasteiger partial charge in [0.15, 0.2) is 5.78 Å². The van der Waals surface area contributed by atoms with Crippen molar-refractivity contribution in [2.45, 2.75) is 45.6 Å². The zero-order valence-electron chi connectivity index (χ0n) is 13.8. The number of hydrogen-bond donors (Lipinski definition) is 1. The molecule has 0 aliphatic heterocycles. The molecule has 0 atom stereocenters. The molecule has 2 aromatic carbocycles. The maximum Gasteiger partial charge on any atom is 0.196 e. The Bertz CT molecular complexity index is 629. The standard InChI is InChI=1S/C20H24O3/c1-3-8-16(9-4-2)23-17-12-13-18(19(21)14-17)20(22)15-10-6-5-7-11-15/h5-7,10-14,16,21H,3-4,8-9H2,1-2H3. The van der Waals surface area contributed by atoms with Crippen molar-refractivity contribution in [1.29, 1.82) is 0 Å². The van der Waals surface area contributed by atoms with Crippen LogP contribution >= 0.6 is 0 Å². The Kier molecular flexibility index (Phi) is 6.21. The van der Waals surface area contributed by atoms with E-state index in [1.54, 1.807) is 24.3 Å². The molecule has 2 aromatic rings. The zero-order chi connectivity index (χ0) is 16.7. The highest BCUT2D eigenvalue weighted by Gasteiger charge is 2.15. The van der Waals surface area contributed by atoms with Gasteiger partial charge in [-0.25, -0.2) is 0 Å². The maximum absolute atomic E-state index is 12.4. The van der Waals surface area contributed by atoms with Crippen LogP contribution in [0.5, 0.6) is 11.5 Å². The van der Waals surface area contributed by atoms with Crippen molar-refractivity contribution in [2.75, 3.05) is 0 Å². The molecule has 122 valence electrons. The van der Waals surface area contributed by atoms with E-state index in [-0.39, 0.29) is 17.6 Å². The summed E-state index contributed by atoms with van der Waals surface area (Å²) in [6.07, 6.45) is 4.24. The molecule has 0 bridgehead atoms. The Morgan fingerprint density at radius 2 is 1.70 bits per heavy atom. The minimum absolute atomic E-state index is 0.0388. The van der Waals surface area contributed by atoms with Gasteiger partial charge in [-0.05, 0) is 25.0 Å². The van der Waals surface area contributed by atoms with Gasteiger partial charge in [-0.1, -0.05) is 57.0 Å². The van der Waals surface area contributed by atoms with Crippen molar-refractivity contribution in [3.8, 4) is 11.5 Å². The minimum atomic E-state index is -0.187. The Hall–Kier alpha value is -2.29. The Balaban J connectivity index is 2.16. The third-order valence-corrected chi connectivity index (χ3v) is 3.77. The van der Waals surface area contributed by atoms with Gasteiger partial charge in [0.2, 0.25) is 0 Å². The van der Waals surface area contributed by atoms with Crippen LogP contribution < -0.4 is 4.74 Å². The van der Waals surface area contributed by atoms with Gasteiger partial charge in [0.25, 0.3) is 0 Å². The van der Waals surface area contributed by atoms with Crippen molar-refractivity contribution < 1.29 is 14.6 Å². The van der Waals surface area contributed by atoms with E-state index >= 15 is 0 Å². The van der Waals surface area contributed by atoms with Crippen molar-refractivity contribution in [3.05, 3.63) is 59.7 Å². The minimum Gasteiger partial charge on any atom is -0.507 e. The van der Waals surface area contributed by atoms with Crippen molar-refractivity contribution in [2.24, 2.45) is 0 Å². The van der Waals surface area contributed by atoms with E-state index in [0.29, 0.717) is 16.9 Å². The molecule has 0 unspecified atom stereocenters. The summed E-state index contributed by atoms with van der Waals surface area (Å²) in [5.74, 6) is 0.385. The summed E-state index contributed by atoms with van der Waals surface area (Å²) in [5.41, 5.74) is 0.859. The fourth-order valence-electron chi connectivity index (χ4n) is 2.62. The number of phenols is 1. The second kappa shape index (κ2) is 8.37. The van der Waals surface area contributed by atoms with Gasteiger partial charge >= 0.3 is 0 Å². The van der Waals surface area contributed by atoms with Crippen LogP contribution in [0.15, 0.2) is 48.5 Å². The zero-order valence-corrected chi connectivity index (χ0v) is 13.8. The number of carbonyl (C=O) groups is 1. The lowest BCUT2D eigenvalue weighted by atomic mass is 10.0. The van der Waals surface area contributed by atoms with E-state index in [4.69, 9.17) is 4.74 Å². The molecule has 0 heterocycles. The topological polar surface area (TPSA) is 46.5 Å². The second-order valence-corrected chi connectivity index (χ2v) is 5.69. The van der Waals surface area contributed by atoms with E-state index in [9.17, 15) is 9.90 Å². The molecule has 0 saturated heterocycles. The molecule has 0 amide bonds. The van der Waals surface area contributed by atoms with Crippen LogP contribution in [0.25, 0.3) is 0 Å². The first kappa shape index (κ1) is 17.1. The summed E-state index contributed by atoms with van der Waals surface area (Å²) in [6, 6.07) is 13.9. The first-order valence-electron chi connectivity index (χ1n) is 8.25. The van der Waals surface area contributed by atoms with Gasteiger partial charge in [-0.15, -0.1) is 0 Å². The number of ketones is 1. The summed E-state index contributed by atoms with van der Waals surface area (Å²) >= 11 is 0. The number of aromatic hydroxyl groups is 1. The first-order chi connectivity index (χ1) is 11.2. The van der Waals surface area contributed by atoms with Crippen LogP contribution in [0.4, 0.5) is 0 Å². The van der Waals surface area contributed by atoms with Crippen LogP contribution in [0.3, 0.4) is 0 Å². The molecule has 0 radical (unpaired) electrons. The molecule has 23 heavy (non-hydrogen) atoms. The summed E-state index contributed by atoms with van der Waals surface area (Å²) in [5, 5.41) is 10.2. The molecule has 0 aliphatic carbocycles. The molecular formula is C20H24O3. The summed E-state index contributed by atoms with van der Waals surface area (Å²) in [4.78, 5) is 12.4. The molecular weight excluding hydrogens is 288 g/mol. The molecule has 3 nitrogen and oxygen atoms in total. The number of hydrogen-bond acceptors (Lipinski definition) is 3. The monoisotopic (exact) mass is 312 g/mol. The number of rotatable bonds is 8. The van der Waals surface area contributed by atoms with Gasteiger partial charge in [0.05, 0.1) is 11.7 Å². The molecule has 0 spiro atoms. The van der Waals surface area contributed by atoms with E-state index in [1.807, 2.05) is 18.2 Å². The second-order valence-electron chi connectivity index (χ2n) is 5.69. The van der Waals surface area contributed by atoms with Gasteiger partial charge in [0, 0.05) is 11.6 Å².